The standard InChI is InChI=1S/C21H21NO4/c1-10-3-4-11(2)16(7-10)26-17(23)9-22-20(24)18-12-5-6-13(15-8-14(12)15)19(18)21(22)25/h3-7,12-15,18-19H,8-9H2,1-2H3/t12-,13-,14-,15+,18+,19+/m0/s1. The molecule has 1 aliphatic heterocycles. The fourth-order valence-corrected chi connectivity index (χ4v) is 5.28. The smallest absolute Gasteiger partial charge is 0.331 e. The average molecular weight is 351 g/mol. The molecule has 6 atom stereocenters. The van der Waals surface area contributed by atoms with Crippen molar-refractivity contribution >= 4 is 17.8 Å². The number of carbonyl (C=O) groups is 3. The summed E-state index contributed by atoms with van der Waals surface area (Å²) in [5.41, 5.74) is 1.83. The van der Waals surface area contributed by atoms with Crippen LogP contribution in [0.4, 0.5) is 0 Å². The van der Waals surface area contributed by atoms with Crippen LogP contribution in [0.1, 0.15) is 17.5 Å². The first-order valence-corrected chi connectivity index (χ1v) is 9.27. The molecule has 134 valence electrons. The van der Waals surface area contributed by atoms with Gasteiger partial charge in [0.15, 0.2) is 0 Å². The highest BCUT2D eigenvalue weighted by molar-refractivity contribution is 6.08. The maximum atomic E-state index is 12.9. The summed E-state index contributed by atoms with van der Waals surface area (Å²) in [5, 5.41) is 0. The molecule has 0 radical (unpaired) electrons. The molecule has 6 rings (SSSR count). The summed E-state index contributed by atoms with van der Waals surface area (Å²) < 4.78 is 5.44. The predicted octanol–water partition coefficient (Wildman–Crippen LogP) is 2.26. The minimum Gasteiger partial charge on any atom is -0.425 e. The van der Waals surface area contributed by atoms with E-state index < -0.39 is 5.97 Å². The third-order valence-corrected chi connectivity index (χ3v) is 6.61. The van der Waals surface area contributed by atoms with Crippen LogP contribution in [0.3, 0.4) is 0 Å². The molecule has 4 aliphatic carbocycles. The Bertz CT molecular complexity index is 837. The summed E-state index contributed by atoms with van der Waals surface area (Å²) >= 11 is 0. The van der Waals surface area contributed by atoms with Crippen molar-refractivity contribution in [3.05, 3.63) is 41.5 Å². The van der Waals surface area contributed by atoms with Crippen LogP contribution in [-0.2, 0) is 14.4 Å². The van der Waals surface area contributed by atoms with Crippen LogP contribution in [-0.4, -0.2) is 29.2 Å². The molecule has 2 bridgehead atoms. The summed E-state index contributed by atoms with van der Waals surface area (Å²) in [7, 11) is 0. The highest BCUT2D eigenvalue weighted by Gasteiger charge is 2.67. The Morgan fingerprint density at radius 3 is 2.31 bits per heavy atom. The molecule has 2 saturated carbocycles. The fraction of sp³-hybridized carbons (Fsp3) is 0.476. The van der Waals surface area contributed by atoms with Crippen molar-refractivity contribution in [1.82, 2.24) is 4.90 Å². The molecule has 2 amide bonds. The van der Waals surface area contributed by atoms with Crippen molar-refractivity contribution in [3.8, 4) is 5.75 Å². The van der Waals surface area contributed by atoms with E-state index in [4.69, 9.17) is 4.74 Å². The number of allylic oxidation sites excluding steroid dienone is 2. The topological polar surface area (TPSA) is 63.7 Å². The SMILES string of the molecule is Cc1ccc(C)c(OC(=O)CN2C(=O)[C@@H]3[C@H]4C=C[C@@H]([C@@H]5C[C@H]45)[C@H]3C2=O)c1. The lowest BCUT2D eigenvalue weighted by Crippen LogP contribution is -2.40. The third-order valence-electron chi connectivity index (χ3n) is 6.61. The van der Waals surface area contributed by atoms with Crippen LogP contribution in [0.25, 0.3) is 0 Å². The van der Waals surface area contributed by atoms with Crippen molar-refractivity contribution in [1.29, 1.82) is 0 Å². The Balaban J connectivity index is 1.34. The molecule has 0 spiro atoms. The van der Waals surface area contributed by atoms with Gasteiger partial charge in [0.1, 0.15) is 12.3 Å². The van der Waals surface area contributed by atoms with Gasteiger partial charge in [0.25, 0.3) is 0 Å². The number of hydrogen-bond acceptors (Lipinski definition) is 4. The number of rotatable bonds is 3. The summed E-state index contributed by atoms with van der Waals surface area (Å²) in [6.45, 7) is 3.48. The number of esters is 1. The molecule has 5 heteroatoms. The number of hydrogen-bond donors (Lipinski definition) is 0. The molecule has 1 saturated heterocycles. The van der Waals surface area contributed by atoms with Gasteiger partial charge < -0.3 is 4.74 Å². The Morgan fingerprint density at radius 1 is 1.08 bits per heavy atom. The molecule has 5 nitrogen and oxygen atoms in total. The maximum Gasteiger partial charge on any atom is 0.331 e. The molecule has 1 heterocycles. The van der Waals surface area contributed by atoms with Crippen molar-refractivity contribution < 1.29 is 19.1 Å². The molecule has 1 aromatic carbocycles. The van der Waals surface area contributed by atoms with E-state index in [0.29, 0.717) is 17.6 Å². The molecule has 0 N–H and O–H groups in total. The predicted molar refractivity (Wildman–Crippen MR) is 93.0 cm³/mol. The van der Waals surface area contributed by atoms with E-state index in [0.717, 1.165) is 22.4 Å². The first kappa shape index (κ1) is 15.8. The zero-order valence-electron chi connectivity index (χ0n) is 14.8. The van der Waals surface area contributed by atoms with Crippen LogP contribution in [0, 0.1) is 49.4 Å². The van der Waals surface area contributed by atoms with E-state index in [1.807, 2.05) is 26.0 Å². The number of amides is 2. The van der Waals surface area contributed by atoms with Crippen LogP contribution < -0.4 is 4.74 Å². The van der Waals surface area contributed by atoms with Gasteiger partial charge in [-0.05, 0) is 61.1 Å². The van der Waals surface area contributed by atoms with Gasteiger partial charge in [-0.3, -0.25) is 14.5 Å². The van der Waals surface area contributed by atoms with Crippen LogP contribution in [0.15, 0.2) is 30.4 Å². The fourth-order valence-electron chi connectivity index (χ4n) is 5.28. The number of aryl methyl sites for hydroxylation is 2. The Morgan fingerprint density at radius 2 is 1.69 bits per heavy atom. The first-order chi connectivity index (χ1) is 12.5. The number of carbonyl (C=O) groups excluding carboxylic acids is 3. The van der Waals surface area contributed by atoms with E-state index in [9.17, 15) is 14.4 Å². The zero-order chi connectivity index (χ0) is 18.2. The number of benzene rings is 1. The van der Waals surface area contributed by atoms with E-state index in [1.165, 1.54) is 0 Å². The second-order valence-electron chi connectivity index (χ2n) is 8.16. The second kappa shape index (κ2) is 5.29. The van der Waals surface area contributed by atoms with Gasteiger partial charge in [0, 0.05) is 0 Å². The van der Waals surface area contributed by atoms with Crippen molar-refractivity contribution in [2.45, 2.75) is 20.3 Å². The number of imide groups is 1. The van der Waals surface area contributed by atoms with Gasteiger partial charge in [-0.2, -0.15) is 0 Å². The lowest BCUT2D eigenvalue weighted by atomic mass is 9.63. The van der Waals surface area contributed by atoms with Crippen molar-refractivity contribution in [3.63, 3.8) is 0 Å². The molecule has 0 unspecified atom stereocenters. The Kier molecular flexibility index (Phi) is 3.21. The Hall–Kier alpha value is -2.43. The van der Waals surface area contributed by atoms with Gasteiger partial charge in [-0.25, -0.2) is 4.79 Å². The van der Waals surface area contributed by atoms with Gasteiger partial charge in [-0.15, -0.1) is 0 Å². The summed E-state index contributed by atoms with van der Waals surface area (Å²) in [6.07, 6.45) is 5.39. The molecule has 0 aromatic heterocycles. The minimum atomic E-state index is -0.565. The first-order valence-electron chi connectivity index (χ1n) is 9.27. The summed E-state index contributed by atoms with van der Waals surface area (Å²) in [4.78, 5) is 39.3. The number of nitrogens with zero attached hydrogens (tertiary/aromatic N) is 1. The second-order valence-corrected chi connectivity index (χ2v) is 8.16. The highest BCUT2D eigenvalue weighted by atomic mass is 16.5. The molecular formula is C21H21NO4. The number of ether oxygens (including phenoxy) is 1. The lowest BCUT2D eigenvalue weighted by Gasteiger charge is -2.37. The summed E-state index contributed by atoms with van der Waals surface area (Å²) in [5.74, 6) is 0.460. The third kappa shape index (κ3) is 2.12. The monoisotopic (exact) mass is 351 g/mol. The average Bonchev–Trinajstić information content (AvgIpc) is 3.39. The minimum absolute atomic E-state index is 0.173. The van der Waals surface area contributed by atoms with Gasteiger partial charge >= 0.3 is 5.97 Å². The largest absolute Gasteiger partial charge is 0.425 e. The molecular weight excluding hydrogens is 330 g/mol. The normalized spacial score (nSPS) is 36.2. The number of likely N-dealkylation sites (tertiary alicyclic amines) is 1. The highest BCUT2D eigenvalue weighted by Crippen LogP contribution is 2.65. The quantitative estimate of drug-likeness (QED) is 0.363. The van der Waals surface area contributed by atoms with E-state index >= 15 is 0 Å². The molecule has 1 aromatic rings. The maximum absolute atomic E-state index is 12.9. The van der Waals surface area contributed by atoms with Crippen LogP contribution in [0.5, 0.6) is 5.75 Å². The summed E-state index contributed by atoms with van der Waals surface area (Å²) in [6, 6.07) is 5.62. The van der Waals surface area contributed by atoms with Gasteiger partial charge in [0.05, 0.1) is 11.8 Å². The van der Waals surface area contributed by atoms with Gasteiger partial charge in [-0.1, -0.05) is 24.3 Å². The lowest BCUT2D eigenvalue weighted by molar-refractivity contribution is -0.148. The van der Waals surface area contributed by atoms with E-state index in [2.05, 4.69) is 12.2 Å². The van der Waals surface area contributed by atoms with E-state index in [1.54, 1.807) is 6.07 Å². The zero-order valence-corrected chi connectivity index (χ0v) is 14.8. The molecule has 5 aliphatic rings. The van der Waals surface area contributed by atoms with Crippen molar-refractivity contribution in [2.75, 3.05) is 6.54 Å². The van der Waals surface area contributed by atoms with Crippen molar-refractivity contribution in [2.24, 2.45) is 35.5 Å². The Labute approximate surface area is 152 Å². The van der Waals surface area contributed by atoms with Gasteiger partial charge in [0.2, 0.25) is 11.8 Å². The van der Waals surface area contributed by atoms with Crippen LogP contribution >= 0.6 is 0 Å². The van der Waals surface area contributed by atoms with E-state index in [-0.39, 0.29) is 42.0 Å². The molecule has 26 heavy (non-hydrogen) atoms. The van der Waals surface area contributed by atoms with Crippen LogP contribution in [0.2, 0.25) is 0 Å². The molecule has 3 fully saturated rings.